The van der Waals surface area contributed by atoms with E-state index in [1.807, 2.05) is 23.1 Å². The Hall–Kier alpha value is -3.12. The molecule has 1 N–H and O–H groups in total. The van der Waals surface area contributed by atoms with Crippen molar-refractivity contribution >= 4 is 5.91 Å². The van der Waals surface area contributed by atoms with Crippen molar-refractivity contribution in [1.82, 2.24) is 19.8 Å². The third kappa shape index (κ3) is 5.28. The summed E-state index contributed by atoms with van der Waals surface area (Å²) >= 11 is 0. The highest BCUT2D eigenvalue weighted by atomic mass is 16.5. The lowest BCUT2D eigenvalue weighted by Crippen LogP contribution is -2.37. The fourth-order valence-electron chi connectivity index (χ4n) is 4.75. The number of ether oxygens (including phenoxy) is 1. The molecule has 1 aliphatic heterocycles. The fraction of sp³-hybridized carbons (Fsp3) is 0.407. The van der Waals surface area contributed by atoms with Gasteiger partial charge in [-0.2, -0.15) is 0 Å². The molecule has 1 saturated heterocycles. The van der Waals surface area contributed by atoms with Gasteiger partial charge in [0.05, 0.1) is 25.0 Å². The number of carbonyl (C=O) groups is 1. The Labute approximate surface area is 196 Å². The third-order valence-corrected chi connectivity index (χ3v) is 6.51. The van der Waals surface area contributed by atoms with Crippen LogP contribution in [0.5, 0.6) is 5.75 Å². The lowest BCUT2D eigenvalue weighted by Gasteiger charge is -2.25. The maximum absolute atomic E-state index is 13.6. The van der Waals surface area contributed by atoms with Crippen LogP contribution < -0.4 is 4.74 Å². The summed E-state index contributed by atoms with van der Waals surface area (Å²) < 4.78 is 5.63. The van der Waals surface area contributed by atoms with Crippen LogP contribution in [-0.4, -0.2) is 59.0 Å². The van der Waals surface area contributed by atoms with Crippen molar-refractivity contribution in [2.45, 2.75) is 33.2 Å². The topological polar surface area (TPSA) is 61.5 Å². The monoisotopic (exact) mass is 446 g/mol. The second-order valence-electron chi connectivity index (χ2n) is 8.79. The number of para-hydroxylation sites is 1. The number of rotatable bonds is 8. The molecule has 1 atom stereocenters. The minimum absolute atomic E-state index is 0.103. The second-order valence-corrected chi connectivity index (χ2v) is 8.79. The van der Waals surface area contributed by atoms with Crippen LogP contribution in [0.15, 0.2) is 54.9 Å². The highest BCUT2D eigenvalue weighted by Crippen LogP contribution is 2.33. The number of imidazole rings is 1. The Balaban J connectivity index is 1.63. The Kier molecular flexibility index (Phi) is 7.45. The summed E-state index contributed by atoms with van der Waals surface area (Å²) in [4.78, 5) is 25.7. The quantitative estimate of drug-likeness (QED) is 0.560. The molecule has 0 bridgehead atoms. The van der Waals surface area contributed by atoms with Crippen molar-refractivity contribution in [2.75, 3.05) is 33.3 Å². The predicted octanol–water partition coefficient (Wildman–Crippen LogP) is 4.31. The van der Waals surface area contributed by atoms with Gasteiger partial charge in [0.1, 0.15) is 5.75 Å². The summed E-state index contributed by atoms with van der Waals surface area (Å²) in [5, 5.41) is 0. The van der Waals surface area contributed by atoms with Crippen molar-refractivity contribution in [1.29, 1.82) is 0 Å². The zero-order chi connectivity index (χ0) is 23.2. The first-order valence-electron chi connectivity index (χ1n) is 11.8. The summed E-state index contributed by atoms with van der Waals surface area (Å²) in [6.45, 7) is 8.10. The SMILES string of the molecule is CCCN1CCN(Cc2nc[nH]c2C)CC(Cc2ccccc2-c2ccccc2OC)C1=O. The van der Waals surface area contributed by atoms with Gasteiger partial charge in [-0.15, -0.1) is 0 Å². The summed E-state index contributed by atoms with van der Waals surface area (Å²) in [5.74, 6) is 1.00. The molecule has 0 aliphatic carbocycles. The van der Waals surface area contributed by atoms with Gasteiger partial charge in [-0.05, 0) is 37.0 Å². The molecule has 6 nitrogen and oxygen atoms in total. The number of amides is 1. The van der Waals surface area contributed by atoms with E-state index in [0.29, 0.717) is 6.42 Å². The Morgan fingerprint density at radius 1 is 1.09 bits per heavy atom. The molecule has 2 aromatic carbocycles. The number of nitrogens with one attached hydrogen (secondary N) is 1. The number of nitrogens with zero attached hydrogens (tertiary/aromatic N) is 3. The van der Waals surface area contributed by atoms with Gasteiger partial charge in [-0.25, -0.2) is 4.98 Å². The molecule has 33 heavy (non-hydrogen) atoms. The fourth-order valence-corrected chi connectivity index (χ4v) is 4.75. The smallest absolute Gasteiger partial charge is 0.227 e. The van der Waals surface area contributed by atoms with Gasteiger partial charge in [0.25, 0.3) is 0 Å². The van der Waals surface area contributed by atoms with Crippen LogP contribution >= 0.6 is 0 Å². The number of aryl methyl sites for hydroxylation is 1. The second kappa shape index (κ2) is 10.7. The van der Waals surface area contributed by atoms with Crippen LogP contribution in [0.2, 0.25) is 0 Å². The van der Waals surface area contributed by atoms with Crippen molar-refractivity contribution in [2.24, 2.45) is 5.92 Å². The van der Waals surface area contributed by atoms with E-state index in [1.54, 1.807) is 13.4 Å². The molecule has 1 unspecified atom stereocenters. The van der Waals surface area contributed by atoms with E-state index in [1.165, 1.54) is 5.56 Å². The van der Waals surface area contributed by atoms with E-state index in [0.717, 1.165) is 67.4 Å². The highest BCUT2D eigenvalue weighted by molar-refractivity contribution is 5.81. The highest BCUT2D eigenvalue weighted by Gasteiger charge is 2.31. The molecule has 174 valence electrons. The van der Waals surface area contributed by atoms with Crippen LogP contribution in [0.1, 0.15) is 30.3 Å². The number of benzene rings is 2. The summed E-state index contributed by atoms with van der Waals surface area (Å²) in [5.41, 5.74) is 5.51. The number of carbonyl (C=O) groups excluding carboxylic acids is 1. The largest absolute Gasteiger partial charge is 0.496 e. The zero-order valence-corrected chi connectivity index (χ0v) is 19.9. The molecule has 4 rings (SSSR count). The van der Waals surface area contributed by atoms with Crippen molar-refractivity contribution in [3.63, 3.8) is 0 Å². The number of hydrogen-bond donors (Lipinski definition) is 1. The maximum atomic E-state index is 13.6. The number of H-pyrrole nitrogens is 1. The molecule has 0 spiro atoms. The van der Waals surface area contributed by atoms with E-state index >= 15 is 0 Å². The predicted molar refractivity (Wildman–Crippen MR) is 131 cm³/mol. The number of aromatic amines is 1. The maximum Gasteiger partial charge on any atom is 0.227 e. The molecule has 2 heterocycles. The first-order valence-corrected chi connectivity index (χ1v) is 11.8. The zero-order valence-electron chi connectivity index (χ0n) is 19.9. The van der Waals surface area contributed by atoms with E-state index in [-0.39, 0.29) is 11.8 Å². The summed E-state index contributed by atoms with van der Waals surface area (Å²) in [6, 6.07) is 16.5. The molecule has 0 saturated carbocycles. The average molecular weight is 447 g/mol. The molecule has 1 amide bonds. The van der Waals surface area contributed by atoms with Crippen LogP contribution in [0.4, 0.5) is 0 Å². The van der Waals surface area contributed by atoms with Gasteiger partial charge in [0, 0.05) is 44.0 Å². The van der Waals surface area contributed by atoms with Crippen LogP contribution in [0.3, 0.4) is 0 Å². The number of methoxy groups -OCH3 is 1. The average Bonchev–Trinajstić information content (AvgIpc) is 3.18. The molecule has 1 aromatic heterocycles. The Morgan fingerprint density at radius 2 is 1.85 bits per heavy atom. The molecular weight excluding hydrogens is 412 g/mol. The lowest BCUT2D eigenvalue weighted by atomic mass is 9.91. The number of hydrogen-bond acceptors (Lipinski definition) is 4. The molecule has 0 radical (unpaired) electrons. The van der Waals surface area contributed by atoms with Crippen molar-refractivity contribution in [3.8, 4) is 16.9 Å². The minimum atomic E-state index is -0.103. The van der Waals surface area contributed by atoms with Gasteiger partial charge < -0.3 is 14.6 Å². The normalized spacial score (nSPS) is 17.2. The van der Waals surface area contributed by atoms with Gasteiger partial charge in [0.15, 0.2) is 0 Å². The van der Waals surface area contributed by atoms with Crippen LogP contribution in [-0.2, 0) is 17.8 Å². The molecular formula is C27H34N4O2. The lowest BCUT2D eigenvalue weighted by molar-refractivity contribution is -0.134. The Bertz CT molecular complexity index is 1080. The van der Waals surface area contributed by atoms with Gasteiger partial charge in [0.2, 0.25) is 5.91 Å². The van der Waals surface area contributed by atoms with E-state index < -0.39 is 0 Å². The van der Waals surface area contributed by atoms with Crippen LogP contribution in [0, 0.1) is 12.8 Å². The first-order chi connectivity index (χ1) is 16.1. The minimum Gasteiger partial charge on any atom is -0.496 e. The standard InChI is InChI=1S/C27H34N4O2/c1-4-13-31-15-14-30(18-25-20(2)28-19-29-25)17-22(27(31)32)16-21-9-5-6-10-23(21)24-11-7-8-12-26(24)33-3/h5-12,19,22H,4,13-18H2,1-3H3,(H,28,29). The molecule has 1 aliphatic rings. The van der Waals surface area contributed by atoms with E-state index in [9.17, 15) is 4.79 Å². The Morgan fingerprint density at radius 3 is 2.58 bits per heavy atom. The van der Waals surface area contributed by atoms with E-state index in [4.69, 9.17) is 4.74 Å². The third-order valence-electron chi connectivity index (χ3n) is 6.51. The van der Waals surface area contributed by atoms with Crippen molar-refractivity contribution < 1.29 is 9.53 Å². The molecule has 6 heteroatoms. The van der Waals surface area contributed by atoms with Gasteiger partial charge in [-0.3, -0.25) is 9.69 Å². The summed E-state index contributed by atoms with van der Waals surface area (Å²) in [7, 11) is 1.70. The molecule has 1 fully saturated rings. The van der Waals surface area contributed by atoms with Crippen molar-refractivity contribution in [3.05, 3.63) is 71.8 Å². The first kappa shape index (κ1) is 23.1. The van der Waals surface area contributed by atoms with Crippen LogP contribution in [0.25, 0.3) is 11.1 Å². The number of aromatic nitrogens is 2. The molecule has 3 aromatic rings. The van der Waals surface area contributed by atoms with Gasteiger partial charge in [-0.1, -0.05) is 49.4 Å². The summed E-state index contributed by atoms with van der Waals surface area (Å²) in [6.07, 6.45) is 3.41. The van der Waals surface area contributed by atoms with Gasteiger partial charge >= 0.3 is 0 Å². The van der Waals surface area contributed by atoms with E-state index in [2.05, 4.69) is 59.0 Å².